The smallest absolute Gasteiger partial charge is 0.241 e. The van der Waals surface area contributed by atoms with Gasteiger partial charge in [-0.2, -0.15) is 0 Å². The number of hydrogen-bond acceptors (Lipinski definition) is 4. The standard InChI is InChI=1S/C17H23N3OS.2ClH/c1-12-6-8-13(9-7-12)16(18)17(21)19-11-14(20(2)3)15-5-4-10-22-15;;/h4-10,14,16H,11,18H2,1-3H3,(H,19,21);2*1H. The van der Waals surface area contributed by atoms with E-state index >= 15 is 0 Å². The third-order valence-electron chi connectivity index (χ3n) is 3.68. The van der Waals surface area contributed by atoms with Gasteiger partial charge in [0.2, 0.25) is 5.91 Å². The van der Waals surface area contributed by atoms with Crippen molar-refractivity contribution in [2.75, 3.05) is 20.6 Å². The molecule has 1 amide bonds. The number of likely N-dealkylation sites (N-methyl/N-ethyl adjacent to an activating group) is 1. The van der Waals surface area contributed by atoms with Crippen molar-refractivity contribution in [3.05, 3.63) is 57.8 Å². The second-order valence-corrected chi connectivity index (χ2v) is 6.61. The highest BCUT2D eigenvalue weighted by Gasteiger charge is 2.20. The van der Waals surface area contributed by atoms with Crippen molar-refractivity contribution in [1.82, 2.24) is 10.2 Å². The molecule has 2 unspecified atom stereocenters. The van der Waals surface area contributed by atoms with Crippen LogP contribution in [-0.2, 0) is 4.79 Å². The number of rotatable bonds is 6. The molecule has 2 rings (SSSR count). The van der Waals surface area contributed by atoms with Crippen molar-refractivity contribution >= 4 is 42.1 Å². The molecule has 24 heavy (non-hydrogen) atoms. The maximum Gasteiger partial charge on any atom is 0.241 e. The number of nitrogens with two attached hydrogens (primary N) is 1. The Hall–Kier alpha value is -1.11. The van der Waals surface area contributed by atoms with E-state index in [2.05, 4.69) is 16.3 Å². The van der Waals surface area contributed by atoms with Crippen LogP contribution in [0.1, 0.15) is 28.1 Å². The third-order valence-corrected chi connectivity index (χ3v) is 4.66. The number of halogens is 2. The summed E-state index contributed by atoms with van der Waals surface area (Å²) in [4.78, 5) is 15.6. The lowest BCUT2D eigenvalue weighted by atomic mass is 10.1. The summed E-state index contributed by atoms with van der Waals surface area (Å²) < 4.78 is 0. The summed E-state index contributed by atoms with van der Waals surface area (Å²) in [7, 11) is 4.02. The molecule has 1 aromatic heterocycles. The Balaban J connectivity index is 0.00000264. The van der Waals surface area contributed by atoms with Gasteiger partial charge in [-0.1, -0.05) is 35.9 Å². The molecule has 0 bridgehead atoms. The molecule has 2 atom stereocenters. The third kappa shape index (κ3) is 6.07. The van der Waals surface area contributed by atoms with Crippen molar-refractivity contribution in [1.29, 1.82) is 0 Å². The lowest BCUT2D eigenvalue weighted by Gasteiger charge is -2.24. The predicted molar refractivity (Wildman–Crippen MR) is 106 cm³/mol. The van der Waals surface area contributed by atoms with E-state index in [0.717, 1.165) is 11.1 Å². The quantitative estimate of drug-likeness (QED) is 0.796. The lowest BCUT2D eigenvalue weighted by molar-refractivity contribution is -0.122. The summed E-state index contributed by atoms with van der Waals surface area (Å²) in [5.41, 5.74) is 8.03. The topological polar surface area (TPSA) is 58.4 Å². The Labute approximate surface area is 160 Å². The van der Waals surface area contributed by atoms with Crippen molar-refractivity contribution < 1.29 is 4.79 Å². The maximum absolute atomic E-state index is 12.3. The first-order valence-corrected chi connectivity index (χ1v) is 8.16. The zero-order chi connectivity index (χ0) is 16.1. The molecule has 134 valence electrons. The lowest BCUT2D eigenvalue weighted by Crippen LogP contribution is -2.39. The van der Waals surface area contributed by atoms with Crippen LogP contribution in [0.3, 0.4) is 0 Å². The highest BCUT2D eigenvalue weighted by molar-refractivity contribution is 7.10. The normalized spacial score (nSPS) is 12.7. The first-order valence-electron chi connectivity index (χ1n) is 7.28. The van der Waals surface area contributed by atoms with Gasteiger partial charge >= 0.3 is 0 Å². The number of nitrogens with zero attached hydrogens (tertiary/aromatic N) is 1. The van der Waals surface area contributed by atoms with Crippen molar-refractivity contribution in [2.45, 2.75) is 19.0 Å². The molecule has 0 aliphatic rings. The number of amides is 1. The first-order chi connectivity index (χ1) is 10.5. The van der Waals surface area contributed by atoms with E-state index in [0.29, 0.717) is 6.54 Å². The van der Waals surface area contributed by atoms with Gasteiger partial charge < -0.3 is 16.0 Å². The van der Waals surface area contributed by atoms with Crippen molar-refractivity contribution in [3.8, 4) is 0 Å². The van der Waals surface area contributed by atoms with Gasteiger partial charge in [0.1, 0.15) is 6.04 Å². The number of carbonyl (C=O) groups excluding carboxylic acids is 1. The molecule has 0 radical (unpaired) electrons. The summed E-state index contributed by atoms with van der Waals surface area (Å²) in [5.74, 6) is -0.146. The highest BCUT2D eigenvalue weighted by atomic mass is 35.5. The fourth-order valence-corrected chi connectivity index (χ4v) is 3.17. The molecule has 1 heterocycles. The summed E-state index contributed by atoms with van der Waals surface area (Å²) in [5, 5.41) is 5.01. The Bertz CT molecular complexity index is 603. The molecule has 3 N–H and O–H groups in total. The van der Waals surface area contributed by atoms with Crippen LogP contribution in [0.15, 0.2) is 41.8 Å². The Kier molecular flexibility index (Phi) is 10.2. The van der Waals surface area contributed by atoms with E-state index in [9.17, 15) is 4.79 Å². The van der Waals surface area contributed by atoms with E-state index in [-0.39, 0.29) is 36.8 Å². The van der Waals surface area contributed by atoms with Crippen LogP contribution in [0.25, 0.3) is 0 Å². The average molecular weight is 390 g/mol. The molecule has 0 aliphatic carbocycles. The molecule has 0 spiro atoms. The van der Waals surface area contributed by atoms with Crippen LogP contribution in [0.2, 0.25) is 0 Å². The number of thiophene rings is 1. The van der Waals surface area contributed by atoms with E-state index in [1.165, 1.54) is 4.88 Å². The summed E-state index contributed by atoms with van der Waals surface area (Å²) >= 11 is 1.69. The predicted octanol–water partition coefficient (Wildman–Crippen LogP) is 3.32. The summed E-state index contributed by atoms with van der Waals surface area (Å²) in [6.07, 6.45) is 0. The number of hydrogen-bond donors (Lipinski definition) is 2. The SMILES string of the molecule is Cc1ccc(C(N)C(=O)NCC(c2cccs2)N(C)C)cc1.Cl.Cl. The van der Waals surface area contributed by atoms with E-state index < -0.39 is 6.04 Å². The van der Waals surface area contributed by atoms with Gasteiger partial charge in [0.05, 0.1) is 6.04 Å². The number of nitrogens with one attached hydrogen (secondary N) is 1. The molecule has 0 aliphatic heterocycles. The summed E-state index contributed by atoms with van der Waals surface area (Å²) in [6.45, 7) is 2.56. The van der Waals surface area contributed by atoms with Gasteiger partial charge in [0.15, 0.2) is 0 Å². The largest absolute Gasteiger partial charge is 0.352 e. The van der Waals surface area contributed by atoms with Gasteiger partial charge in [0, 0.05) is 11.4 Å². The van der Waals surface area contributed by atoms with Gasteiger partial charge in [-0.15, -0.1) is 36.2 Å². The van der Waals surface area contributed by atoms with Crippen molar-refractivity contribution in [2.24, 2.45) is 5.73 Å². The van der Waals surface area contributed by atoms with Crippen LogP contribution >= 0.6 is 36.2 Å². The van der Waals surface area contributed by atoms with Crippen LogP contribution in [0.5, 0.6) is 0 Å². The molecule has 0 saturated carbocycles. The van der Waals surface area contributed by atoms with E-state index in [1.54, 1.807) is 11.3 Å². The second-order valence-electron chi connectivity index (χ2n) is 5.63. The van der Waals surface area contributed by atoms with E-state index in [1.807, 2.05) is 56.7 Å². The monoisotopic (exact) mass is 389 g/mol. The van der Waals surface area contributed by atoms with Crippen LogP contribution in [0, 0.1) is 6.92 Å². The Morgan fingerprint density at radius 3 is 2.33 bits per heavy atom. The molecule has 4 nitrogen and oxygen atoms in total. The van der Waals surface area contributed by atoms with E-state index in [4.69, 9.17) is 5.73 Å². The van der Waals surface area contributed by atoms with Crippen LogP contribution in [-0.4, -0.2) is 31.4 Å². The zero-order valence-corrected chi connectivity index (χ0v) is 16.5. The Morgan fingerprint density at radius 1 is 1.21 bits per heavy atom. The molecule has 2 aromatic rings. The molecular weight excluding hydrogens is 365 g/mol. The fraction of sp³-hybridized carbons (Fsp3) is 0.353. The number of benzene rings is 1. The number of aryl methyl sites for hydroxylation is 1. The molecule has 0 fully saturated rings. The maximum atomic E-state index is 12.3. The molecular formula is C17H25Cl2N3OS. The molecule has 7 heteroatoms. The average Bonchev–Trinajstić information content (AvgIpc) is 3.01. The first kappa shape index (κ1) is 22.9. The minimum absolute atomic E-state index is 0. The summed E-state index contributed by atoms with van der Waals surface area (Å²) in [6, 6.07) is 11.4. The van der Waals surface area contributed by atoms with Gasteiger partial charge in [-0.05, 0) is 38.0 Å². The zero-order valence-electron chi connectivity index (χ0n) is 14.1. The molecule has 1 aromatic carbocycles. The second kappa shape index (κ2) is 10.7. The highest BCUT2D eigenvalue weighted by Crippen LogP contribution is 2.22. The van der Waals surface area contributed by atoms with Crippen LogP contribution < -0.4 is 11.1 Å². The Morgan fingerprint density at radius 2 is 1.83 bits per heavy atom. The van der Waals surface area contributed by atoms with Gasteiger partial charge in [-0.25, -0.2) is 0 Å². The van der Waals surface area contributed by atoms with Crippen LogP contribution in [0.4, 0.5) is 0 Å². The van der Waals surface area contributed by atoms with Crippen molar-refractivity contribution in [3.63, 3.8) is 0 Å². The fourth-order valence-electron chi connectivity index (χ4n) is 2.25. The minimum atomic E-state index is -0.633. The van der Waals surface area contributed by atoms with Gasteiger partial charge in [0.25, 0.3) is 0 Å². The number of carbonyl (C=O) groups is 1. The minimum Gasteiger partial charge on any atom is -0.352 e. The molecule has 0 saturated heterocycles. The van der Waals surface area contributed by atoms with Gasteiger partial charge in [-0.3, -0.25) is 4.79 Å².